The summed E-state index contributed by atoms with van der Waals surface area (Å²) >= 11 is 0. The first-order chi connectivity index (χ1) is 6.57. The lowest BCUT2D eigenvalue weighted by atomic mass is 10.0. The largest absolute Gasteiger partial charge is 0.469 e. The van der Waals surface area contributed by atoms with Gasteiger partial charge in [-0.1, -0.05) is 6.07 Å². The third-order valence-corrected chi connectivity index (χ3v) is 1.99. The molecule has 0 aliphatic carbocycles. The van der Waals surface area contributed by atoms with Crippen LogP contribution >= 0.6 is 0 Å². The molecule has 1 aromatic rings. The Balaban J connectivity index is 3.11. The lowest BCUT2D eigenvalue weighted by molar-refractivity contribution is -0.142. The Morgan fingerprint density at radius 2 is 1.86 bits per heavy atom. The maximum atomic E-state index is 13.1. The Bertz CT molecular complexity index is 330. The lowest BCUT2D eigenvalue weighted by Gasteiger charge is -2.10. The zero-order valence-corrected chi connectivity index (χ0v) is 7.88. The van der Waals surface area contributed by atoms with Crippen LogP contribution in [0.25, 0.3) is 0 Å². The molecule has 1 atom stereocenters. The van der Waals surface area contributed by atoms with Crippen LogP contribution in [-0.2, 0) is 9.53 Å². The molecule has 0 aliphatic heterocycles. The van der Waals surface area contributed by atoms with Crippen LogP contribution in [0.15, 0.2) is 18.2 Å². The maximum absolute atomic E-state index is 13.1. The Morgan fingerprint density at radius 3 is 2.29 bits per heavy atom. The van der Waals surface area contributed by atoms with Gasteiger partial charge in [-0.05, 0) is 19.1 Å². The van der Waals surface area contributed by atoms with Gasteiger partial charge >= 0.3 is 5.97 Å². The Labute approximate surface area is 80.5 Å². The van der Waals surface area contributed by atoms with Crippen molar-refractivity contribution in [2.24, 2.45) is 0 Å². The molecule has 0 fully saturated rings. The first-order valence-electron chi connectivity index (χ1n) is 4.09. The standard InChI is InChI=1S/C10H10F2O2/c1-6(10(13)14-2)9-7(11)4-3-5-8(9)12/h3-6H,1-2H3. The van der Waals surface area contributed by atoms with Gasteiger partial charge in [0.15, 0.2) is 0 Å². The fourth-order valence-corrected chi connectivity index (χ4v) is 1.22. The van der Waals surface area contributed by atoms with E-state index in [9.17, 15) is 13.6 Å². The van der Waals surface area contributed by atoms with Crippen molar-refractivity contribution < 1.29 is 18.3 Å². The third-order valence-electron chi connectivity index (χ3n) is 1.99. The molecule has 0 amide bonds. The van der Waals surface area contributed by atoms with Crippen LogP contribution in [0.3, 0.4) is 0 Å². The molecule has 76 valence electrons. The van der Waals surface area contributed by atoms with Gasteiger partial charge in [0.2, 0.25) is 0 Å². The molecule has 0 bridgehead atoms. The van der Waals surface area contributed by atoms with Gasteiger partial charge in [0.05, 0.1) is 13.0 Å². The van der Waals surface area contributed by atoms with E-state index in [1.165, 1.54) is 20.1 Å². The van der Waals surface area contributed by atoms with E-state index in [4.69, 9.17) is 0 Å². The number of hydrogen-bond acceptors (Lipinski definition) is 2. The summed E-state index contributed by atoms with van der Waals surface area (Å²) in [6.07, 6.45) is 0. The molecule has 1 rings (SSSR count). The average molecular weight is 200 g/mol. The van der Waals surface area contributed by atoms with Crippen LogP contribution in [0.2, 0.25) is 0 Å². The fourth-order valence-electron chi connectivity index (χ4n) is 1.22. The van der Waals surface area contributed by atoms with E-state index in [1.54, 1.807) is 0 Å². The quantitative estimate of drug-likeness (QED) is 0.684. The monoisotopic (exact) mass is 200 g/mol. The van der Waals surface area contributed by atoms with E-state index >= 15 is 0 Å². The molecule has 0 radical (unpaired) electrons. The Morgan fingerprint density at radius 1 is 1.36 bits per heavy atom. The number of ether oxygens (including phenoxy) is 1. The molecule has 1 unspecified atom stereocenters. The van der Waals surface area contributed by atoms with Crippen molar-refractivity contribution in [3.63, 3.8) is 0 Å². The van der Waals surface area contributed by atoms with Crippen LogP contribution in [0.5, 0.6) is 0 Å². The lowest BCUT2D eigenvalue weighted by Crippen LogP contribution is -2.13. The van der Waals surface area contributed by atoms with Gasteiger partial charge < -0.3 is 4.74 Å². The summed E-state index contributed by atoms with van der Waals surface area (Å²) in [5, 5.41) is 0. The van der Waals surface area contributed by atoms with Gasteiger partial charge in [0.1, 0.15) is 11.6 Å². The van der Waals surface area contributed by atoms with Gasteiger partial charge in [-0.3, -0.25) is 4.79 Å². The van der Waals surface area contributed by atoms with Crippen molar-refractivity contribution in [3.05, 3.63) is 35.4 Å². The van der Waals surface area contributed by atoms with E-state index in [1.807, 2.05) is 0 Å². The summed E-state index contributed by atoms with van der Waals surface area (Å²) < 4.78 is 30.7. The first-order valence-corrected chi connectivity index (χ1v) is 4.09. The highest BCUT2D eigenvalue weighted by molar-refractivity contribution is 5.77. The summed E-state index contributed by atoms with van der Waals surface area (Å²) in [5.74, 6) is -3.05. The van der Waals surface area contributed by atoms with Crippen molar-refractivity contribution in [1.29, 1.82) is 0 Å². The number of rotatable bonds is 2. The normalized spacial score (nSPS) is 12.3. The van der Waals surface area contributed by atoms with Crippen LogP contribution in [0.4, 0.5) is 8.78 Å². The molecule has 0 heterocycles. The van der Waals surface area contributed by atoms with Gasteiger partial charge in [-0.15, -0.1) is 0 Å². The zero-order valence-electron chi connectivity index (χ0n) is 7.88. The van der Waals surface area contributed by atoms with Crippen LogP contribution in [0.1, 0.15) is 18.4 Å². The second kappa shape index (κ2) is 4.17. The molecule has 0 saturated heterocycles. The molecule has 1 aromatic carbocycles. The second-order valence-corrected chi connectivity index (χ2v) is 2.88. The number of halogens is 2. The van der Waals surface area contributed by atoms with Crippen LogP contribution in [-0.4, -0.2) is 13.1 Å². The van der Waals surface area contributed by atoms with Crippen molar-refractivity contribution in [2.75, 3.05) is 7.11 Å². The van der Waals surface area contributed by atoms with E-state index in [-0.39, 0.29) is 5.56 Å². The van der Waals surface area contributed by atoms with Crippen molar-refractivity contribution in [2.45, 2.75) is 12.8 Å². The number of methoxy groups -OCH3 is 1. The highest BCUT2D eigenvalue weighted by atomic mass is 19.1. The topological polar surface area (TPSA) is 26.3 Å². The zero-order chi connectivity index (χ0) is 10.7. The third kappa shape index (κ3) is 1.89. The van der Waals surface area contributed by atoms with Gasteiger partial charge in [-0.25, -0.2) is 8.78 Å². The Kier molecular flexibility index (Phi) is 3.17. The number of esters is 1. The van der Waals surface area contributed by atoms with E-state index in [2.05, 4.69) is 4.74 Å². The van der Waals surface area contributed by atoms with Crippen molar-refractivity contribution in [1.82, 2.24) is 0 Å². The van der Waals surface area contributed by atoms with Crippen LogP contribution < -0.4 is 0 Å². The van der Waals surface area contributed by atoms with E-state index in [0.29, 0.717) is 0 Å². The predicted octanol–water partition coefficient (Wildman–Crippen LogP) is 2.24. The summed E-state index contributed by atoms with van der Waals surface area (Å²) in [6.45, 7) is 1.40. The van der Waals surface area contributed by atoms with Gasteiger partial charge in [0, 0.05) is 5.56 Å². The van der Waals surface area contributed by atoms with Gasteiger partial charge in [-0.2, -0.15) is 0 Å². The highest BCUT2D eigenvalue weighted by Crippen LogP contribution is 2.22. The van der Waals surface area contributed by atoms with Crippen molar-refractivity contribution >= 4 is 5.97 Å². The summed E-state index contributed by atoms with van der Waals surface area (Å²) in [5.41, 5.74) is -0.251. The van der Waals surface area contributed by atoms with E-state index < -0.39 is 23.5 Å². The van der Waals surface area contributed by atoms with Gasteiger partial charge in [0.25, 0.3) is 0 Å². The number of benzene rings is 1. The first kappa shape index (κ1) is 10.6. The summed E-state index contributed by atoms with van der Waals surface area (Å²) in [7, 11) is 1.18. The van der Waals surface area contributed by atoms with Crippen LogP contribution in [0, 0.1) is 11.6 Å². The smallest absolute Gasteiger partial charge is 0.313 e. The number of hydrogen-bond donors (Lipinski definition) is 0. The predicted molar refractivity (Wildman–Crippen MR) is 46.8 cm³/mol. The molecule has 2 nitrogen and oxygen atoms in total. The SMILES string of the molecule is COC(=O)C(C)c1c(F)cccc1F. The van der Waals surface area contributed by atoms with Crippen molar-refractivity contribution in [3.8, 4) is 0 Å². The molecule has 14 heavy (non-hydrogen) atoms. The van der Waals surface area contributed by atoms with E-state index in [0.717, 1.165) is 12.1 Å². The fraction of sp³-hybridized carbons (Fsp3) is 0.300. The Hall–Kier alpha value is -1.45. The number of carbonyl (C=O) groups excluding carboxylic acids is 1. The number of carbonyl (C=O) groups is 1. The summed E-state index contributed by atoms with van der Waals surface area (Å²) in [6, 6.07) is 3.47. The molecule has 0 aromatic heterocycles. The molecule has 0 N–H and O–H groups in total. The molecule has 0 saturated carbocycles. The minimum atomic E-state index is -0.929. The molecule has 0 spiro atoms. The molecular formula is C10H10F2O2. The second-order valence-electron chi connectivity index (χ2n) is 2.88. The molecule has 4 heteroatoms. The highest BCUT2D eigenvalue weighted by Gasteiger charge is 2.22. The summed E-state index contributed by atoms with van der Waals surface area (Å²) in [4.78, 5) is 11.1. The maximum Gasteiger partial charge on any atom is 0.313 e. The molecular weight excluding hydrogens is 190 g/mol. The average Bonchev–Trinajstić information content (AvgIpc) is 2.16. The minimum absolute atomic E-state index is 0.251. The molecule has 0 aliphatic rings. The minimum Gasteiger partial charge on any atom is -0.469 e.